The van der Waals surface area contributed by atoms with Crippen LogP contribution in [0.25, 0.3) is 10.9 Å². The molecule has 96 valence electrons. The molecule has 2 nitrogen and oxygen atoms in total. The number of aromatic amines is 1. The number of hydrogen-bond donors (Lipinski definition) is 1. The molecule has 0 saturated heterocycles. The molecule has 2 heteroatoms. The molecule has 0 saturated carbocycles. The SMILES string of the molecule is Cc1ccc2c(COc3ccccc3C)c[nH]c2c1. The molecule has 0 spiro atoms. The Morgan fingerprint density at radius 3 is 2.74 bits per heavy atom. The molecule has 19 heavy (non-hydrogen) atoms. The summed E-state index contributed by atoms with van der Waals surface area (Å²) in [5.74, 6) is 0.948. The molecule has 3 aromatic rings. The summed E-state index contributed by atoms with van der Waals surface area (Å²) in [4.78, 5) is 3.30. The summed E-state index contributed by atoms with van der Waals surface area (Å²) >= 11 is 0. The van der Waals surface area contributed by atoms with Crippen LogP contribution in [0.5, 0.6) is 5.75 Å². The predicted molar refractivity (Wildman–Crippen MR) is 78.5 cm³/mol. The molecule has 0 radical (unpaired) electrons. The first-order chi connectivity index (χ1) is 9.24. The van der Waals surface area contributed by atoms with E-state index in [9.17, 15) is 0 Å². The first-order valence-corrected chi connectivity index (χ1v) is 6.49. The van der Waals surface area contributed by atoms with E-state index in [1.54, 1.807) is 0 Å². The quantitative estimate of drug-likeness (QED) is 0.735. The third-order valence-electron chi connectivity index (χ3n) is 3.40. The summed E-state index contributed by atoms with van der Waals surface area (Å²) in [5.41, 5.74) is 4.79. The maximum Gasteiger partial charge on any atom is 0.122 e. The first kappa shape index (κ1) is 11.8. The van der Waals surface area contributed by atoms with E-state index in [4.69, 9.17) is 4.74 Å². The second-order valence-electron chi connectivity index (χ2n) is 4.92. The predicted octanol–water partition coefficient (Wildman–Crippen LogP) is 4.36. The number of nitrogens with one attached hydrogen (secondary N) is 1. The number of rotatable bonds is 3. The molecule has 3 rings (SSSR count). The summed E-state index contributed by atoms with van der Waals surface area (Å²) < 4.78 is 5.90. The van der Waals surface area contributed by atoms with Crippen LogP contribution in [-0.4, -0.2) is 4.98 Å². The van der Waals surface area contributed by atoms with E-state index in [2.05, 4.69) is 43.1 Å². The van der Waals surface area contributed by atoms with Crippen LogP contribution >= 0.6 is 0 Å². The number of para-hydroxylation sites is 1. The van der Waals surface area contributed by atoms with Gasteiger partial charge >= 0.3 is 0 Å². The van der Waals surface area contributed by atoms with Crippen molar-refractivity contribution < 1.29 is 4.74 Å². The number of benzene rings is 2. The van der Waals surface area contributed by atoms with E-state index < -0.39 is 0 Å². The van der Waals surface area contributed by atoms with Gasteiger partial charge in [-0.25, -0.2) is 0 Å². The standard InChI is InChI=1S/C17H17NO/c1-12-7-8-15-14(10-18-16(15)9-12)11-19-17-6-4-3-5-13(17)2/h3-10,18H,11H2,1-2H3. The van der Waals surface area contributed by atoms with E-state index in [-0.39, 0.29) is 0 Å². The van der Waals surface area contributed by atoms with E-state index in [0.29, 0.717) is 6.61 Å². The van der Waals surface area contributed by atoms with Gasteiger partial charge in [0.1, 0.15) is 12.4 Å². The van der Waals surface area contributed by atoms with E-state index in [1.807, 2.05) is 24.4 Å². The number of fused-ring (bicyclic) bond motifs is 1. The Hall–Kier alpha value is -2.22. The van der Waals surface area contributed by atoms with Crippen LogP contribution in [0.3, 0.4) is 0 Å². The van der Waals surface area contributed by atoms with Crippen LogP contribution in [0.4, 0.5) is 0 Å². The van der Waals surface area contributed by atoms with Crippen LogP contribution in [0, 0.1) is 13.8 Å². The van der Waals surface area contributed by atoms with Crippen molar-refractivity contribution in [1.82, 2.24) is 4.98 Å². The first-order valence-electron chi connectivity index (χ1n) is 6.49. The summed E-state index contributed by atoms with van der Waals surface area (Å²) in [6.07, 6.45) is 2.03. The van der Waals surface area contributed by atoms with Gasteiger partial charge in [0.15, 0.2) is 0 Å². The molecule has 0 aliphatic rings. The third-order valence-corrected chi connectivity index (χ3v) is 3.40. The van der Waals surface area contributed by atoms with Crippen LogP contribution in [-0.2, 0) is 6.61 Å². The second kappa shape index (κ2) is 4.81. The van der Waals surface area contributed by atoms with Gasteiger partial charge in [0, 0.05) is 22.7 Å². The molecule has 0 atom stereocenters. The molecule has 0 bridgehead atoms. The highest BCUT2D eigenvalue weighted by Crippen LogP contribution is 2.22. The zero-order valence-corrected chi connectivity index (χ0v) is 11.2. The van der Waals surface area contributed by atoms with Crippen LogP contribution < -0.4 is 4.74 Å². The van der Waals surface area contributed by atoms with Crippen LogP contribution in [0.2, 0.25) is 0 Å². The number of hydrogen-bond acceptors (Lipinski definition) is 1. The van der Waals surface area contributed by atoms with Crippen molar-refractivity contribution in [3.8, 4) is 5.75 Å². The molecular weight excluding hydrogens is 234 g/mol. The average Bonchev–Trinajstić information content (AvgIpc) is 2.80. The Morgan fingerprint density at radius 2 is 1.89 bits per heavy atom. The summed E-state index contributed by atoms with van der Waals surface area (Å²) in [7, 11) is 0. The smallest absolute Gasteiger partial charge is 0.122 e. The molecular formula is C17H17NO. The molecule has 1 aromatic heterocycles. The number of H-pyrrole nitrogens is 1. The molecule has 0 aliphatic heterocycles. The van der Waals surface area contributed by atoms with Crippen molar-refractivity contribution >= 4 is 10.9 Å². The van der Waals surface area contributed by atoms with Crippen LogP contribution in [0.15, 0.2) is 48.7 Å². The Balaban J connectivity index is 1.84. The highest BCUT2D eigenvalue weighted by molar-refractivity contribution is 5.83. The lowest BCUT2D eigenvalue weighted by Crippen LogP contribution is -1.95. The van der Waals surface area contributed by atoms with Gasteiger partial charge in [-0.3, -0.25) is 0 Å². The van der Waals surface area contributed by atoms with Gasteiger partial charge in [-0.15, -0.1) is 0 Å². The lowest BCUT2D eigenvalue weighted by Gasteiger charge is -2.08. The zero-order chi connectivity index (χ0) is 13.2. The van der Waals surface area contributed by atoms with Gasteiger partial charge in [0.2, 0.25) is 0 Å². The van der Waals surface area contributed by atoms with Gasteiger partial charge < -0.3 is 9.72 Å². The molecule has 0 fully saturated rings. The van der Waals surface area contributed by atoms with Gasteiger partial charge in [-0.2, -0.15) is 0 Å². The maximum atomic E-state index is 5.90. The molecule has 2 aromatic carbocycles. The Labute approximate surface area is 113 Å². The minimum absolute atomic E-state index is 0.591. The third kappa shape index (κ3) is 2.34. The average molecular weight is 251 g/mol. The normalized spacial score (nSPS) is 10.8. The van der Waals surface area contributed by atoms with Gasteiger partial charge in [-0.05, 0) is 37.1 Å². The van der Waals surface area contributed by atoms with Crippen molar-refractivity contribution in [2.45, 2.75) is 20.5 Å². The van der Waals surface area contributed by atoms with Crippen molar-refractivity contribution in [3.63, 3.8) is 0 Å². The summed E-state index contributed by atoms with van der Waals surface area (Å²) in [5, 5.41) is 1.24. The molecule has 0 amide bonds. The molecule has 1 heterocycles. The minimum atomic E-state index is 0.591. The van der Waals surface area contributed by atoms with Crippen molar-refractivity contribution in [3.05, 3.63) is 65.4 Å². The summed E-state index contributed by atoms with van der Waals surface area (Å²) in [6.45, 7) is 4.76. The molecule has 0 unspecified atom stereocenters. The van der Waals surface area contributed by atoms with Crippen LogP contribution in [0.1, 0.15) is 16.7 Å². The van der Waals surface area contributed by atoms with Gasteiger partial charge in [0.25, 0.3) is 0 Å². The highest BCUT2D eigenvalue weighted by atomic mass is 16.5. The van der Waals surface area contributed by atoms with E-state index >= 15 is 0 Å². The van der Waals surface area contributed by atoms with E-state index in [1.165, 1.54) is 22.0 Å². The van der Waals surface area contributed by atoms with Gasteiger partial charge in [0.05, 0.1) is 0 Å². The van der Waals surface area contributed by atoms with Gasteiger partial charge in [-0.1, -0.05) is 30.3 Å². The zero-order valence-electron chi connectivity index (χ0n) is 11.2. The second-order valence-corrected chi connectivity index (χ2v) is 4.92. The number of aryl methyl sites for hydroxylation is 2. The Morgan fingerprint density at radius 1 is 1.05 bits per heavy atom. The summed E-state index contributed by atoms with van der Waals surface area (Å²) in [6, 6.07) is 14.5. The molecule has 0 aliphatic carbocycles. The molecule has 1 N–H and O–H groups in total. The fourth-order valence-corrected chi connectivity index (χ4v) is 2.29. The van der Waals surface area contributed by atoms with Crippen molar-refractivity contribution in [1.29, 1.82) is 0 Å². The number of aromatic nitrogens is 1. The van der Waals surface area contributed by atoms with Crippen molar-refractivity contribution in [2.75, 3.05) is 0 Å². The van der Waals surface area contributed by atoms with E-state index in [0.717, 1.165) is 11.3 Å². The fraction of sp³-hybridized carbons (Fsp3) is 0.176. The Bertz CT molecular complexity index is 712. The fourth-order valence-electron chi connectivity index (χ4n) is 2.29. The Kier molecular flexibility index (Phi) is 3.00. The van der Waals surface area contributed by atoms with Crippen molar-refractivity contribution in [2.24, 2.45) is 0 Å². The topological polar surface area (TPSA) is 25.0 Å². The monoisotopic (exact) mass is 251 g/mol. The lowest BCUT2D eigenvalue weighted by molar-refractivity contribution is 0.305. The largest absolute Gasteiger partial charge is 0.489 e. The maximum absolute atomic E-state index is 5.90. The highest BCUT2D eigenvalue weighted by Gasteiger charge is 2.05. The number of ether oxygens (including phenoxy) is 1. The lowest BCUT2D eigenvalue weighted by atomic mass is 10.1. The minimum Gasteiger partial charge on any atom is -0.489 e.